The highest BCUT2D eigenvalue weighted by molar-refractivity contribution is 6.15. The van der Waals surface area contributed by atoms with Gasteiger partial charge >= 0.3 is 0 Å². The summed E-state index contributed by atoms with van der Waals surface area (Å²) in [4.78, 5) is 9.56. The topological polar surface area (TPSA) is 17.1 Å². The number of hydrogen-bond donors (Lipinski definition) is 0. The molecule has 21 valence electrons. The van der Waals surface area contributed by atoms with Crippen LogP contribution >= 0.6 is 0 Å². The van der Waals surface area contributed by atoms with Crippen LogP contribution < -0.4 is 0 Å². The van der Waals surface area contributed by atoms with Crippen molar-refractivity contribution in [3.63, 3.8) is 0 Å². The molecule has 0 N–H and O–H groups in total. The van der Waals surface area contributed by atoms with Crippen molar-refractivity contribution >= 4 is 14.1 Å². The lowest BCUT2D eigenvalue weighted by atomic mass is 10.1. The van der Waals surface area contributed by atoms with E-state index in [4.69, 9.17) is 2.71 Å². The average Bonchev–Trinajstić information content (AvgIpc) is 1.35. The minimum absolute atomic E-state index is 0.0556. The zero-order chi connectivity index (χ0) is 4.99. The maximum absolute atomic E-state index is 9.56. The maximum Gasteiger partial charge on any atom is 0.111 e. The predicted molar refractivity (Wildman–Crippen MR) is 18.0 cm³/mol. The molecule has 0 saturated carbocycles. The molecule has 0 saturated heterocycles. The molecule has 0 unspecified atom stereocenters. The first kappa shape index (κ1) is 1.25. The summed E-state index contributed by atoms with van der Waals surface area (Å²) < 4.78 is 12.5. The molecule has 0 aliphatic heterocycles. The van der Waals surface area contributed by atoms with Gasteiger partial charge in [-0.2, -0.15) is 0 Å². The van der Waals surface area contributed by atoms with E-state index in [1.807, 2.05) is 0 Å². The van der Waals surface area contributed by atoms with Gasteiger partial charge in [0.15, 0.2) is 0 Å². The van der Waals surface area contributed by atoms with Gasteiger partial charge in [-0.05, 0) is 7.66 Å². The minimum Gasteiger partial charge on any atom is -0.304 e. The fourth-order valence-corrected chi connectivity index (χ4v) is 0. The Bertz CT molecular complexity index is 55.5. The molecule has 4 heavy (non-hydrogen) atoms. The van der Waals surface area contributed by atoms with Crippen LogP contribution in [0.1, 0.15) is 1.37 Å². The van der Waals surface area contributed by atoms with E-state index in [9.17, 15) is 4.79 Å². The first-order valence-electron chi connectivity index (χ1n) is 2.04. The first-order valence-corrected chi connectivity index (χ1v) is 0.966. The van der Waals surface area contributed by atoms with Crippen molar-refractivity contribution in [1.82, 2.24) is 0 Å². The predicted octanol–water partition coefficient (Wildman–Crippen LogP) is -0.496. The van der Waals surface area contributed by atoms with Gasteiger partial charge in [-0.25, -0.2) is 0 Å². The van der Waals surface area contributed by atoms with E-state index in [0.29, 0.717) is 0 Å². The highest BCUT2D eigenvalue weighted by atomic mass is 16.1. The van der Waals surface area contributed by atoms with Crippen LogP contribution in [0.5, 0.6) is 0 Å². The zero-order valence-electron chi connectivity index (χ0n) is 4.19. The lowest BCUT2D eigenvalue weighted by molar-refractivity contribution is -0.106. The molecule has 0 bridgehead atoms. The number of hydrogen-bond acceptors (Lipinski definition) is 1. The van der Waals surface area contributed by atoms with Crippen molar-refractivity contribution in [3.05, 3.63) is 0 Å². The third-order valence-electron chi connectivity index (χ3n) is 0.0833. The van der Waals surface area contributed by atoms with Gasteiger partial charge in [0.05, 0.1) is 7.81 Å². The molecule has 0 aromatic heterocycles. The molecule has 2 heteroatoms. The molecule has 0 heterocycles. The summed E-state index contributed by atoms with van der Waals surface area (Å²) in [6.45, 7) is 0. The highest BCUT2D eigenvalue weighted by Gasteiger charge is 1.54. The lowest BCUT2D eigenvalue weighted by Crippen LogP contribution is -1.61. The fraction of sp³-hybridized carbons (Fsp3) is 0.500. The van der Waals surface area contributed by atoms with E-state index in [1.54, 1.807) is 0 Å². The molecule has 0 aliphatic rings. The maximum atomic E-state index is 9.56. The molecule has 1 radical (unpaired) electrons. The normalized spacial score (nSPS) is 12.0. The monoisotopic (exact) mass is 58.1 g/mol. The van der Waals surface area contributed by atoms with Crippen LogP contribution in [-0.4, -0.2) is 15.4 Å². The summed E-state index contributed by atoms with van der Waals surface area (Å²) in [6, 6.07) is 0. The molecule has 0 aromatic rings. The van der Waals surface area contributed by atoms with Gasteiger partial charge in [0, 0.05) is 0 Å². The van der Waals surface area contributed by atoms with E-state index in [2.05, 4.69) is 0 Å². The van der Waals surface area contributed by atoms with Gasteiger partial charge in [-0.3, -0.25) is 0 Å². The van der Waals surface area contributed by atoms with Crippen LogP contribution in [-0.2, 0) is 4.79 Å². The second-order valence-electron chi connectivity index (χ2n) is 0.348. The standard InChI is InChI=1S/C2H4BO/c3-1-2-4/h2-3H,1H2/i2D,3T. The van der Waals surface area contributed by atoms with E-state index in [-0.39, 0.29) is 6.32 Å². The molecular formula is C2H4BO. The van der Waals surface area contributed by atoms with E-state index in [0.717, 1.165) is 7.81 Å². The van der Waals surface area contributed by atoms with Gasteiger partial charge in [-0.15, -0.1) is 0 Å². The highest BCUT2D eigenvalue weighted by Crippen LogP contribution is 1.46. The summed E-state index contributed by atoms with van der Waals surface area (Å²) in [5.74, 6) is 0. The van der Waals surface area contributed by atoms with Crippen molar-refractivity contribution in [2.24, 2.45) is 0 Å². The van der Waals surface area contributed by atoms with Crippen LogP contribution in [0.2, 0.25) is 6.32 Å². The van der Waals surface area contributed by atoms with E-state index >= 15 is 0 Å². The Hall–Kier alpha value is -0.265. The van der Waals surface area contributed by atoms with Crippen LogP contribution in [0.4, 0.5) is 0 Å². The third-order valence-corrected chi connectivity index (χ3v) is 0.0833. The van der Waals surface area contributed by atoms with Gasteiger partial charge < -0.3 is 4.79 Å². The molecule has 0 spiro atoms. The van der Waals surface area contributed by atoms with Crippen molar-refractivity contribution in [1.29, 1.82) is 1.34 Å². The second-order valence-corrected chi connectivity index (χ2v) is 0.348. The second kappa shape index (κ2) is 2.73. The molecule has 0 amide bonds. The number of aldehydes is 1. The average molecular weight is 57.9 g/mol. The van der Waals surface area contributed by atoms with Gasteiger partial charge in [-0.1, -0.05) is 0 Å². The number of carbonyl (C=O) groups is 1. The summed E-state index contributed by atoms with van der Waals surface area (Å²) >= 11 is 0. The third kappa shape index (κ3) is 1.73. The Morgan fingerprint density at radius 1 is 3.00 bits per heavy atom. The largest absolute Gasteiger partial charge is 0.304 e. The molecular weight excluding hydrogens is 50.8 g/mol. The molecule has 0 fully saturated rings. The lowest BCUT2D eigenvalue weighted by Gasteiger charge is -1.50. The van der Waals surface area contributed by atoms with Crippen molar-refractivity contribution in [2.75, 3.05) is 0 Å². The van der Waals surface area contributed by atoms with Crippen LogP contribution in [0.3, 0.4) is 0 Å². The first-order chi connectivity index (χ1) is 2.77. The minimum atomic E-state index is -0.704. The molecule has 0 aromatic carbocycles. The molecule has 1 nitrogen and oxygen atoms in total. The Kier molecular flexibility index (Phi) is 0.852. The van der Waals surface area contributed by atoms with Crippen LogP contribution in [0.25, 0.3) is 0 Å². The quantitative estimate of drug-likeness (QED) is 0.309. The molecule has 0 atom stereocenters. The van der Waals surface area contributed by atoms with E-state index in [1.165, 1.54) is 0 Å². The fourth-order valence-electron chi connectivity index (χ4n) is 0. The number of rotatable bonds is 2. The smallest absolute Gasteiger partial charge is 0.111 e. The summed E-state index contributed by atoms with van der Waals surface area (Å²) in [5, 5.41) is 0. The Morgan fingerprint density at radius 2 is 3.75 bits per heavy atom. The van der Waals surface area contributed by atoms with Crippen LogP contribution in [0, 0.1) is 0 Å². The zero-order valence-corrected chi connectivity index (χ0v) is 2.19. The Balaban J connectivity index is 2.83. The SMILES string of the molecule is [2H]C(=O)C[B][3H]. The van der Waals surface area contributed by atoms with Gasteiger partial charge in [0.2, 0.25) is 0 Å². The number of carbonyl (C=O) groups excluding carboxylic acids is 1. The summed E-state index contributed by atoms with van der Waals surface area (Å²) in [7, 11) is 0.912. The van der Waals surface area contributed by atoms with Gasteiger partial charge in [0.25, 0.3) is 0 Å². The van der Waals surface area contributed by atoms with Gasteiger partial charge in [0.1, 0.15) is 7.63 Å². The van der Waals surface area contributed by atoms with Crippen molar-refractivity contribution < 1.29 is 6.17 Å². The summed E-state index contributed by atoms with van der Waals surface area (Å²) in [6.07, 6.45) is -0.759. The van der Waals surface area contributed by atoms with Crippen LogP contribution in [0.15, 0.2) is 0 Å². The Labute approximate surface area is 29.2 Å². The van der Waals surface area contributed by atoms with Crippen molar-refractivity contribution in [2.45, 2.75) is 6.32 Å². The molecule has 0 rings (SSSR count). The molecule has 0 aliphatic carbocycles. The van der Waals surface area contributed by atoms with Crippen molar-refractivity contribution in [3.8, 4) is 0 Å². The Morgan fingerprint density at radius 3 is 3.75 bits per heavy atom. The van der Waals surface area contributed by atoms with E-state index < -0.39 is 6.26 Å². The summed E-state index contributed by atoms with van der Waals surface area (Å²) in [5.41, 5.74) is 0.